The zero-order chi connectivity index (χ0) is 19.4. The zero-order valence-electron chi connectivity index (χ0n) is 15.6. The number of hydrogen-bond acceptors (Lipinski definition) is 6. The van der Waals surface area contributed by atoms with Gasteiger partial charge < -0.3 is 15.1 Å². The van der Waals surface area contributed by atoms with Gasteiger partial charge in [0.2, 0.25) is 5.88 Å². The molecule has 0 bridgehead atoms. The summed E-state index contributed by atoms with van der Waals surface area (Å²) >= 11 is 0. The second kappa shape index (κ2) is 5.85. The van der Waals surface area contributed by atoms with Crippen molar-refractivity contribution in [2.75, 3.05) is 0 Å². The predicted molar refractivity (Wildman–Crippen MR) is 108 cm³/mol. The predicted octanol–water partition coefficient (Wildman–Crippen LogP) is 5.03. The van der Waals surface area contributed by atoms with Crippen molar-refractivity contribution in [1.29, 1.82) is 0 Å². The van der Waals surface area contributed by atoms with Crippen LogP contribution in [0.15, 0.2) is 40.6 Å². The van der Waals surface area contributed by atoms with Gasteiger partial charge >= 0.3 is 0 Å². The van der Waals surface area contributed by atoms with Gasteiger partial charge in [0.25, 0.3) is 5.95 Å². The minimum Gasteiger partial charge on any atom is -0.493 e. The summed E-state index contributed by atoms with van der Waals surface area (Å²) in [5, 5.41) is 28.6. The van der Waals surface area contributed by atoms with Gasteiger partial charge in [0.05, 0.1) is 5.52 Å². The number of H-pyrrole nitrogens is 2. The molecular weight excluding hydrogens is 354 g/mol. The van der Waals surface area contributed by atoms with Gasteiger partial charge in [0.15, 0.2) is 11.3 Å². The van der Waals surface area contributed by atoms with E-state index in [9.17, 15) is 5.11 Å². The van der Waals surface area contributed by atoms with Gasteiger partial charge in [-0.1, -0.05) is 23.3 Å². The lowest BCUT2D eigenvalue weighted by atomic mass is 10.1. The number of hydrogen-bond donors (Lipinski definition) is 3. The molecule has 8 nitrogen and oxygen atoms in total. The SMILES string of the molecule is Cc1cc(C)c2[nH]c(O)c(N=Nc3nnc4c(n3)[nH]c3ccc(C)cc34)c2c1. The van der Waals surface area contributed by atoms with Gasteiger partial charge in [-0.3, -0.25) is 0 Å². The second-order valence-electron chi connectivity index (χ2n) is 7.01. The lowest BCUT2D eigenvalue weighted by molar-refractivity contribution is 0.459. The quantitative estimate of drug-likeness (QED) is 0.377. The van der Waals surface area contributed by atoms with E-state index in [1.165, 1.54) is 0 Å². The third kappa shape index (κ3) is 2.50. The number of aryl methyl sites for hydroxylation is 3. The molecule has 0 aliphatic rings. The minimum atomic E-state index is -0.0393. The van der Waals surface area contributed by atoms with E-state index in [1.807, 2.05) is 51.1 Å². The Hall–Kier alpha value is -3.81. The van der Waals surface area contributed by atoms with E-state index in [0.29, 0.717) is 16.9 Å². The Morgan fingerprint density at radius 2 is 1.71 bits per heavy atom. The summed E-state index contributed by atoms with van der Waals surface area (Å²) in [6.07, 6.45) is 0. The van der Waals surface area contributed by atoms with E-state index < -0.39 is 0 Å². The van der Waals surface area contributed by atoms with Crippen LogP contribution in [0.2, 0.25) is 0 Å². The average Bonchev–Trinajstić information content (AvgIpc) is 3.17. The maximum atomic E-state index is 10.2. The Labute approximate surface area is 159 Å². The van der Waals surface area contributed by atoms with Crippen molar-refractivity contribution in [3.05, 3.63) is 47.0 Å². The number of aromatic amines is 2. The summed E-state index contributed by atoms with van der Waals surface area (Å²) in [6.45, 7) is 6.00. The number of fused-ring (bicyclic) bond motifs is 4. The molecule has 5 aromatic rings. The van der Waals surface area contributed by atoms with E-state index in [2.05, 4.69) is 35.4 Å². The smallest absolute Gasteiger partial charge is 0.289 e. The molecule has 8 heteroatoms. The van der Waals surface area contributed by atoms with Gasteiger partial charge in [0.1, 0.15) is 5.52 Å². The highest BCUT2D eigenvalue weighted by molar-refractivity contribution is 6.03. The fourth-order valence-corrected chi connectivity index (χ4v) is 3.54. The average molecular weight is 371 g/mol. The maximum Gasteiger partial charge on any atom is 0.289 e. The van der Waals surface area contributed by atoms with E-state index in [1.54, 1.807) is 0 Å². The Bertz CT molecular complexity index is 1410. The van der Waals surface area contributed by atoms with Crippen molar-refractivity contribution in [3.8, 4) is 5.88 Å². The van der Waals surface area contributed by atoms with Gasteiger partial charge in [-0.25, -0.2) is 0 Å². The van der Waals surface area contributed by atoms with Gasteiger partial charge in [-0.15, -0.1) is 20.4 Å². The first-order chi connectivity index (χ1) is 13.5. The topological polar surface area (TPSA) is 115 Å². The number of aromatic nitrogens is 5. The molecule has 138 valence electrons. The normalized spacial score (nSPS) is 12.1. The maximum absolute atomic E-state index is 10.2. The molecule has 0 atom stereocenters. The van der Waals surface area contributed by atoms with Gasteiger partial charge in [0, 0.05) is 16.3 Å². The molecule has 0 saturated carbocycles. The number of rotatable bonds is 2. The van der Waals surface area contributed by atoms with E-state index in [4.69, 9.17) is 0 Å². The van der Waals surface area contributed by atoms with Crippen LogP contribution in [0.1, 0.15) is 16.7 Å². The fraction of sp³-hybridized carbons (Fsp3) is 0.150. The first-order valence-corrected chi connectivity index (χ1v) is 8.86. The van der Waals surface area contributed by atoms with E-state index in [0.717, 1.165) is 38.5 Å². The minimum absolute atomic E-state index is 0.0393. The third-order valence-corrected chi connectivity index (χ3v) is 4.80. The highest BCUT2D eigenvalue weighted by atomic mass is 16.3. The molecule has 0 aliphatic heterocycles. The van der Waals surface area contributed by atoms with Crippen molar-refractivity contribution in [2.24, 2.45) is 10.2 Å². The highest BCUT2D eigenvalue weighted by Gasteiger charge is 2.14. The molecule has 0 spiro atoms. The van der Waals surface area contributed by atoms with Crippen molar-refractivity contribution in [1.82, 2.24) is 25.1 Å². The molecular formula is C20H17N7O. The Morgan fingerprint density at radius 1 is 0.893 bits per heavy atom. The van der Waals surface area contributed by atoms with E-state index in [-0.39, 0.29) is 11.8 Å². The summed E-state index contributed by atoms with van der Waals surface area (Å²) in [5.41, 5.74) is 6.66. The molecule has 5 rings (SSSR count). The number of azo groups is 1. The van der Waals surface area contributed by atoms with Crippen LogP contribution in [0.5, 0.6) is 5.88 Å². The molecule has 3 heterocycles. The summed E-state index contributed by atoms with van der Waals surface area (Å²) in [6, 6.07) is 10.0. The van der Waals surface area contributed by atoms with Crippen molar-refractivity contribution >= 4 is 44.6 Å². The second-order valence-corrected chi connectivity index (χ2v) is 7.01. The van der Waals surface area contributed by atoms with Gasteiger partial charge in [-0.05, 0) is 44.5 Å². The summed E-state index contributed by atoms with van der Waals surface area (Å²) in [5.74, 6) is 0.0801. The van der Waals surface area contributed by atoms with Crippen LogP contribution in [-0.4, -0.2) is 30.3 Å². The number of nitrogens with one attached hydrogen (secondary N) is 2. The standard InChI is InChI=1S/C20H17N7O/c1-9-4-5-14-12(7-9)16-18(21-14)23-20(26-24-16)27-25-17-13-8-10(2)6-11(3)15(13)22-19(17)28/h4-8,22,28H,1-3H3,(H,21,23,26). The summed E-state index contributed by atoms with van der Waals surface area (Å²) < 4.78 is 0. The van der Waals surface area contributed by atoms with Crippen LogP contribution in [0, 0.1) is 20.8 Å². The molecule has 0 radical (unpaired) electrons. The van der Waals surface area contributed by atoms with Crippen molar-refractivity contribution in [3.63, 3.8) is 0 Å². The molecule has 0 fully saturated rings. The number of aromatic hydroxyl groups is 1. The zero-order valence-corrected chi connectivity index (χ0v) is 15.6. The summed E-state index contributed by atoms with van der Waals surface area (Å²) in [4.78, 5) is 10.6. The fourth-order valence-electron chi connectivity index (χ4n) is 3.54. The van der Waals surface area contributed by atoms with Crippen LogP contribution in [0.3, 0.4) is 0 Å². The number of benzene rings is 2. The Morgan fingerprint density at radius 3 is 2.57 bits per heavy atom. The van der Waals surface area contributed by atoms with Crippen LogP contribution in [-0.2, 0) is 0 Å². The van der Waals surface area contributed by atoms with Crippen molar-refractivity contribution in [2.45, 2.75) is 20.8 Å². The Kier molecular flexibility index (Phi) is 3.42. The van der Waals surface area contributed by atoms with Crippen molar-refractivity contribution < 1.29 is 5.11 Å². The Balaban J connectivity index is 1.60. The molecule has 0 unspecified atom stereocenters. The first-order valence-electron chi connectivity index (χ1n) is 8.86. The lowest BCUT2D eigenvalue weighted by Gasteiger charge is -1.98. The van der Waals surface area contributed by atoms with Crippen LogP contribution in [0.4, 0.5) is 11.6 Å². The number of nitrogens with zero attached hydrogens (tertiary/aromatic N) is 5. The molecule has 3 N–H and O–H groups in total. The summed E-state index contributed by atoms with van der Waals surface area (Å²) in [7, 11) is 0. The molecule has 3 aromatic heterocycles. The lowest BCUT2D eigenvalue weighted by Crippen LogP contribution is -1.86. The molecule has 0 saturated heterocycles. The largest absolute Gasteiger partial charge is 0.493 e. The first kappa shape index (κ1) is 16.4. The molecule has 0 aliphatic carbocycles. The monoisotopic (exact) mass is 371 g/mol. The molecule has 0 amide bonds. The van der Waals surface area contributed by atoms with E-state index >= 15 is 0 Å². The molecule has 28 heavy (non-hydrogen) atoms. The van der Waals surface area contributed by atoms with Crippen LogP contribution < -0.4 is 0 Å². The van der Waals surface area contributed by atoms with Crippen LogP contribution in [0.25, 0.3) is 33.0 Å². The van der Waals surface area contributed by atoms with Gasteiger partial charge in [-0.2, -0.15) is 4.98 Å². The highest BCUT2D eigenvalue weighted by Crippen LogP contribution is 2.38. The van der Waals surface area contributed by atoms with Crippen LogP contribution >= 0.6 is 0 Å². The third-order valence-electron chi connectivity index (χ3n) is 4.80. The molecule has 2 aromatic carbocycles.